The minimum atomic E-state index is -0.0353. The van der Waals surface area contributed by atoms with E-state index in [1.165, 1.54) is 16.8 Å². The fourth-order valence-corrected chi connectivity index (χ4v) is 3.95. The lowest BCUT2D eigenvalue weighted by molar-refractivity contribution is -0.131. The number of aryl methyl sites for hydroxylation is 2. The highest BCUT2D eigenvalue weighted by Crippen LogP contribution is 2.24. The Morgan fingerprint density at radius 1 is 0.897 bits per heavy atom. The number of hydrogen-bond acceptors (Lipinski definition) is 3. The molecule has 1 fully saturated rings. The zero-order valence-electron chi connectivity index (χ0n) is 17.9. The van der Waals surface area contributed by atoms with Gasteiger partial charge in [-0.25, -0.2) is 0 Å². The van der Waals surface area contributed by atoms with Crippen LogP contribution in [0.25, 0.3) is 0 Å². The maximum atomic E-state index is 12.8. The van der Waals surface area contributed by atoms with Gasteiger partial charge in [0.15, 0.2) is 0 Å². The minimum Gasteiger partial charge on any atom is -0.368 e. The SMILES string of the molecule is CC(=O)N(CCC(=O)N1CCN(c2cccc(C)c2C)CC1)c1ccccc1C. The number of amides is 2. The summed E-state index contributed by atoms with van der Waals surface area (Å²) in [4.78, 5) is 30.9. The Kier molecular flexibility index (Phi) is 6.57. The van der Waals surface area contributed by atoms with Gasteiger partial charge in [0.2, 0.25) is 11.8 Å². The monoisotopic (exact) mass is 393 g/mol. The maximum absolute atomic E-state index is 12.8. The third-order valence-electron chi connectivity index (χ3n) is 5.88. The first-order chi connectivity index (χ1) is 13.9. The molecule has 3 rings (SSSR count). The number of benzene rings is 2. The van der Waals surface area contributed by atoms with Crippen LogP contribution in [-0.4, -0.2) is 49.4 Å². The molecule has 5 heteroatoms. The summed E-state index contributed by atoms with van der Waals surface area (Å²) in [6, 6.07) is 14.2. The molecule has 2 aromatic carbocycles. The van der Waals surface area contributed by atoms with Crippen molar-refractivity contribution in [3.8, 4) is 0 Å². The highest BCUT2D eigenvalue weighted by molar-refractivity contribution is 5.93. The summed E-state index contributed by atoms with van der Waals surface area (Å²) in [7, 11) is 0. The molecule has 0 spiro atoms. The average molecular weight is 394 g/mol. The van der Waals surface area contributed by atoms with Crippen LogP contribution in [0.5, 0.6) is 0 Å². The molecule has 0 saturated carbocycles. The predicted octanol–water partition coefficient (Wildman–Crippen LogP) is 3.70. The second-order valence-corrected chi connectivity index (χ2v) is 7.79. The van der Waals surface area contributed by atoms with Crippen LogP contribution < -0.4 is 9.80 Å². The summed E-state index contributed by atoms with van der Waals surface area (Å²) >= 11 is 0. The Morgan fingerprint density at radius 2 is 1.55 bits per heavy atom. The standard InChI is InChI=1S/C24H31N3O2/c1-18-9-7-11-23(20(18)3)25-14-16-26(17-15-25)24(29)12-13-27(21(4)28)22-10-6-5-8-19(22)2/h5-11H,12-17H2,1-4H3. The molecule has 154 valence electrons. The van der Waals surface area contributed by atoms with Gasteiger partial charge < -0.3 is 14.7 Å². The van der Waals surface area contributed by atoms with Gasteiger partial charge in [0.1, 0.15) is 0 Å². The molecule has 29 heavy (non-hydrogen) atoms. The Hall–Kier alpha value is -2.82. The van der Waals surface area contributed by atoms with Crippen LogP contribution in [0.4, 0.5) is 11.4 Å². The second kappa shape index (κ2) is 9.12. The molecule has 0 atom stereocenters. The minimum absolute atomic E-state index is 0.0353. The summed E-state index contributed by atoms with van der Waals surface area (Å²) in [5.74, 6) is 0.0808. The number of rotatable bonds is 5. The Labute approximate surface area is 173 Å². The van der Waals surface area contributed by atoms with Crippen LogP contribution in [0.2, 0.25) is 0 Å². The zero-order chi connectivity index (χ0) is 21.0. The quantitative estimate of drug-likeness (QED) is 0.778. The van der Waals surface area contributed by atoms with Gasteiger partial charge >= 0.3 is 0 Å². The van der Waals surface area contributed by atoms with Gasteiger partial charge in [0, 0.05) is 57.4 Å². The van der Waals surface area contributed by atoms with Gasteiger partial charge in [-0.3, -0.25) is 9.59 Å². The summed E-state index contributed by atoms with van der Waals surface area (Å²) < 4.78 is 0. The van der Waals surface area contributed by atoms with Crippen LogP contribution in [0.1, 0.15) is 30.0 Å². The lowest BCUT2D eigenvalue weighted by Crippen LogP contribution is -2.49. The molecule has 0 N–H and O–H groups in total. The van der Waals surface area contributed by atoms with E-state index in [1.54, 1.807) is 11.8 Å². The zero-order valence-corrected chi connectivity index (χ0v) is 17.9. The van der Waals surface area contributed by atoms with Crippen molar-refractivity contribution in [1.29, 1.82) is 0 Å². The summed E-state index contributed by atoms with van der Waals surface area (Å²) in [5, 5.41) is 0. The first kappa shape index (κ1) is 20.9. The normalized spacial score (nSPS) is 14.1. The Balaban J connectivity index is 1.57. The van der Waals surface area contributed by atoms with E-state index < -0.39 is 0 Å². The molecule has 0 aromatic heterocycles. The fourth-order valence-electron chi connectivity index (χ4n) is 3.95. The van der Waals surface area contributed by atoms with Crippen molar-refractivity contribution < 1.29 is 9.59 Å². The number of anilines is 2. The van der Waals surface area contributed by atoms with Crippen molar-refractivity contribution >= 4 is 23.2 Å². The predicted molar refractivity (Wildman–Crippen MR) is 119 cm³/mol. The number of piperazine rings is 1. The van der Waals surface area contributed by atoms with Gasteiger partial charge in [-0.05, 0) is 49.6 Å². The van der Waals surface area contributed by atoms with Crippen molar-refractivity contribution in [1.82, 2.24) is 4.90 Å². The first-order valence-corrected chi connectivity index (χ1v) is 10.3. The van der Waals surface area contributed by atoms with E-state index in [0.29, 0.717) is 13.0 Å². The summed E-state index contributed by atoms with van der Waals surface area (Å²) in [6.45, 7) is 11.4. The van der Waals surface area contributed by atoms with Crippen molar-refractivity contribution in [2.45, 2.75) is 34.1 Å². The van der Waals surface area contributed by atoms with E-state index in [0.717, 1.165) is 37.4 Å². The van der Waals surface area contributed by atoms with Crippen molar-refractivity contribution in [2.24, 2.45) is 0 Å². The molecule has 1 heterocycles. The topological polar surface area (TPSA) is 43.9 Å². The van der Waals surface area contributed by atoms with E-state index in [4.69, 9.17) is 0 Å². The van der Waals surface area contributed by atoms with E-state index in [1.807, 2.05) is 36.1 Å². The number of carbonyl (C=O) groups is 2. The highest BCUT2D eigenvalue weighted by atomic mass is 16.2. The van der Waals surface area contributed by atoms with Crippen molar-refractivity contribution in [2.75, 3.05) is 42.5 Å². The molecule has 1 aliphatic heterocycles. The molecule has 0 unspecified atom stereocenters. The lowest BCUT2D eigenvalue weighted by Gasteiger charge is -2.37. The molecule has 0 radical (unpaired) electrons. The molecular weight excluding hydrogens is 362 g/mol. The van der Waals surface area contributed by atoms with Gasteiger partial charge in [-0.1, -0.05) is 30.3 Å². The smallest absolute Gasteiger partial charge is 0.224 e. The summed E-state index contributed by atoms with van der Waals surface area (Å²) in [6.07, 6.45) is 0.345. The number of hydrogen-bond donors (Lipinski definition) is 0. The number of carbonyl (C=O) groups excluding carboxylic acids is 2. The molecule has 0 aliphatic carbocycles. The van der Waals surface area contributed by atoms with Crippen LogP contribution in [-0.2, 0) is 9.59 Å². The maximum Gasteiger partial charge on any atom is 0.224 e. The molecule has 0 bridgehead atoms. The van der Waals surface area contributed by atoms with Crippen LogP contribution in [0.3, 0.4) is 0 Å². The van der Waals surface area contributed by atoms with Gasteiger partial charge in [-0.15, -0.1) is 0 Å². The molecular formula is C24H31N3O2. The van der Waals surface area contributed by atoms with E-state index in [2.05, 4.69) is 36.9 Å². The van der Waals surface area contributed by atoms with Gasteiger partial charge in [-0.2, -0.15) is 0 Å². The van der Waals surface area contributed by atoms with Crippen molar-refractivity contribution in [3.63, 3.8) is 0 Å². The van der Waals surface area contributed by atoms with Gasteiger partial charge in [0.05, 0.1) is 0 Å². The van der Waals surface area contributed by atoms with Crippen LogP contribution >= 0.6 is 0 Å². The molecule has 1 aliphatic rings. The van der Waals surface area contributed by atoms with E-state index in [9.17, 15) is 9.59 Å². The summed E-state index contributed by atoms with van der Waals surface area (Å²) in [5.41, 5.74) is 5.79. The molecule has 2 aromatic rings. The third-order valence-corrected chi connectivity index (χ3v) is 5.88. The number of nitrogens with zero attached hydrogens (tertiary/aromatic N) is 3. The highest BCUT2D eigenvalue weighted by Gasteiger charge is 2.23. The number of para-hydroxylation sites is 1. The van der Waals surface area contributed by atoms with E-state index in [-0.39, 0.29) is 11.8 Å². The Morgan fingerprint density at radius 3 is 2.21 bits per heavy atom. The van der Waals surface area contributed by atoms with Crippen LogP contribution in [0, 0.1) is 20.8 Å². The second-order valence-electron chi connectivity index (χ2n) is 7.79. The largest absolute Gasteiger partial charge is 0.368 e. The third kappa shape index (κ3) is 4.78. The first-order valence-electron chi connectivity index (χ1n) is 10.3. The molecule has 2 amide bonds. The molecule has 5 nitrogen and oxygen atoms in total. The lowest BCUT2D eigenvalue weighted by atomic mass is 10.1. The van der Waals surface area contributed by atoms with E-state index >= 15 is 0 Å². The molecule has 1 saturated heterocycles. The average Bonchev–Trinajstić information content (AvgIpc) is 2.71. The fraction of sp³-hybridized carbons (Fsp3) is 0.417. The van der Waals surface area contributed by atoms with Crippen molar-refractivity contribution in [3.05, 3.63) is 59.2 Å². The van der Waals surface area contributed by atoms with Gasteiger partial charge in [0.25, 0.3) is 0 Å². The van der Waals surface area contributed by atoms with Crippen LogP contribution in [0.15, 0.2) is 42.5 Å². The Bertz CT molecular complexity index is 885.